The highest BCUT2D eigenvalue weighted by molar-refractivity contribution is 7.24. The molecule has 23 heavy (non-hydrogen) atoms. The van der Waals surface area contributed by atoms with Crippen LogP contribution in [0.25, 0.3) is 9.53 Å². The number of amides is 1. The van der Waals surface area contributed by atoms with Crippen LogP contribution in [0.3, 0.4) is 0 Å². The summed E-state index contributed by atoms with van der Waals surface area (Å²) >= 11 is 2.70. The van der Waals surface area contributed by atoms with E-state index in [1.807, 2.05) is 29.6 Å². The van der Waals surface area contributed by atoms with Gasteiger partial charge in [0.2, 0.25) is 0 Å². The number of hydrogen-bond donors (Lipinski definition) is 1. The topological polar surface area (TPSA) is 58.1 Å². The van der Waals surface area contributed by atoms with Gasteiger partial charge in [-0.2, -0.15) is 0 Å². The van der Waals surface area contributed by atoms with Crippen LogP contribution in [-0.2, 0) is 6.54 Å². The predicted octanol–water partition coefficient (Wildman–Crippen LogP) is 3.85. The van der Waals surface area contributed by atoms with E-state index in [0.717, 1.165) is 21.8 Å². The molecule has 5 nitrogen and oxygen atoms in total. The van der Waals surface area contributed by atoms with Crippen LogP contribution >= 0.6 is 22.9 Å². The Morgan fingerprint density at radius 3 is 2.74 bits per heavy atom. The fourth-order valence-corrected chi connectivity index (χ4v) is 3.83. The van der Waals surface area contributed by atoms with Crippen molar-refractivity contribution in [2.75, 3.05) is 12.4 Å². The van der Waals surface area contributed by atoms with Crippen molar-refractivity contribution >= 4 is 44.0 Å². The molecular weight excluding hydrogens is 328 g/mol. The molecule has 0 radical (unpaired) electrons. The number of carbonyl (C=O) groups is 1. The van der Waals surface area contributed by atoms with Crippen LogP contribution in [0.4, 0.5) is 5.69 Å². The maximum Gasteiger partial charge on any atom is 0.258 e. The summed E-state index contributed by atoms with van der Waals surface area (Å²) in [6.07, 6.45) is 0. The van der Waals surface area contributed by atoms with E-state index in [0.29, 0.717) is 11.6 Å². The highest BCUT2D eigenvalue weighted by Crippen LogP contribution is 2.27. The smallest absolute Gasteiger partial charge is 0.258 e. The molecule has 0 aliphatic rings. The number of carbonyl (C=O) groups excluding carboxylic acids is 1. The summed E-state index contributed by atoms with van der Waals surface area (Å²) in [6.45, 7) is 5.23. The lowest BCUT2D eigenvalue weighted by Crippen LogP contribution is -2.25. The van der Waals surface area contributed by atoms with Gasteiger partial charge < -0.3 is 5.32 Å². The molecule has 2 heterocycles. The fourth-order valence-electron chi connectivity index (χ4n) is 2.11. The Hall–Kier alpha value is -1.83. The molecule has 0 saturated heterocycles. The van der Waals surface area contributed by atoms with Crippen molar-refractivity contribution in [2.24, 2.45) is 0 Å². The van der Waals surface area contributed by atoms with E-state index in [-0.39, 0.29) is 5.91 Å². The molecule has 0 aliphatic heterocycles. The Morgan fingerprint density at radius 2 is 2.04 bits per heavy atom. The van der Waals surface area contributed by atoms with Crippen LogP contribution in [0, 0.1) is 0 Å². The lowest BCUT2D eigenvalue weighted by Gasteiger charge is -2.21. The third-order valence-corrected chi connectivity index (χ3v) is 5.51. The van der Waals surface area contributed by atoms with Gasteiger partial charge in [-0.05, 0) is 50.1 Å². The van der Waals surface area contributed by atoms with E-state index >= 15 is 0 Å². The fraction of sp³-hybridized carbons (Fsp3) is 0.312. The van der Waals surface area contributed by atoms with Gasteiger partial charge in [-0.1, -0.05) is 16.6 Å². The number of fused-ring (bicyclic) bond motifs is 1. The number of hydrogen-bond acceptors (Lipinski definition) is 6. The van der Waals surface area contributed by atoms with Crippen molar-refractivity contribution in [3.63, 3.8) is 0 Å². The molecule has 0 aliphatic carbocycles. The van der Waals surface area contributed by atoms with Gasteiger partial charge >= 0.3 is 0 Å². The maximum atomic E-state index is 12.4. The SMILES string of the molecule is CC(C)N(C)Cc1ccc(NC(=O)c2csc3nnsc23)cc1. The second-order valence-corrected chi connectivity index (χ2v) is 7.33. The van der Waals surface area contributed by atoms with E-state index in [1.54, 1.807) is 0 Å². The molecule has 0 atom stereocenters. The minimum atomic E-state index is -0.116. The van der Waals surface area contributed by atoms with Crippen molar-refractivity contribution in [2.45, 2.75) is 26.4 Å². The van der Waals surface area contributed by atoms with E-state index in [9.17, 15) is 4.79 Å². The molecular formula is C16H18N4OS2. The minimum Gasteiger partial charge on any atom is -0.322 e. The predicted molar refractivity (Wildman–Crippen MR) is 96.3 cm³/mol. The molecule has 0 bridgehead atoms. The number of rotatable bonds is 5. The molecule has 0 unspecified atom stereocenters. The Bertz CT molecular complexity index is 807. The average Bonchev–Trinajstić information content (AvgIpc) is 3.11. The van der Waals surface area contributed by atoms with Crippen molar-refractivity contribution in [1.82, 2.24) is 14.5 Å². The minimum absolute atomic E-state index is 0.116. The average molecular weight is 346 g/mol. The molecule has 0 spiro atoms. The standard InChI is InChI=1S/C16H18N4OS2/c1-10(2)20(3)8-11-4-6-12(7-5-11)17-15(21)13-9-22-16-14(13)23-19-18-16/h4-7,9-10H,8H2,1-3H3,(H,17,21). The molecule has 7 heteroatoms. The second-order valence-electron chi connectivity index (χ2n) is 5.72. The first kappa shape index (κ1) is 16.0. The van der Waals surface area contributed by atoms with Gasteiger partial charge in [0.1, 0.15) is 0 Å². The Labute approximate surface area is 143 Å². The van der Waals surface area contributed by atoms with Gasteiger partial charge in [-0.15, -0.1) is 16.4 Å². The number of anilines is 1. The van der Waals surface area contributed by atoms with E-state index in [4.69, 9.17) is 0 Å². The quantitative estimate of drug-likeness (QED) is 0.762. The van der Waals surface area contributed by atoms with E-state index < -0.39 is 0 Å². The number of thiophene rings is 1. The Morgan fingerprint density at radius 1 is 1.30 bits per heavy atom. The zero-order valence-electron chi connectivity index (χ0n) is 13.2. The first-order valence-corrected chi connectivity index (χ1v) is 9.00. The number of nitrogens with one attached hydrogen (secondary N) is 1. The van der Waals surface area contributed by atoms with Crippen molar-refractivity contribution in [1.29, 1.82) is 0 Å². The first-order valence-electron chi connectivity index (χ1n) is 7.34. The van der Waals surface area contributed by atoms with Crippen LogP contribution < -0.4 is 5.32 Å². The van der Waals surface area contributed by atoms with Gasteiger partial charge in [0.25, 0.3) is 5.91 Å². The molecule has 120 valence electrons. The molecule has 1 aromatic carbocycles. The highest BCUT2D eigenvalue weighted by atomic mass is 32.1. The van der Waals surface area contributed by atoms with Gasteiger partial charge in [-0.3, -0.25) is 9.69 Å². The first-order chi connectivity index (χ1) is 11.0. The summed E-state index contributed by atoms with van der Waals surface area (Å²) in [5, 5.41) is 8.75. The lowest BCUT2D eigenvalue weighted by molar-refractivity contribution is 0.102. The summed E-state index contributed by atoms with van der Waals surface area (Å²) in [5.74, 6) is -0.116. The van der Waals surface area contributed by atoms with Gasteiger partial charge in [-0.25, -0.2) is 0 Å². The summed E-state index contributed by atoms with van der Waals surface area (Å²) in [7, 11) is 2.10. The number of nitrogens with zero attached hydrogens (tertiary/aromatic N) is 3. The van der Waals surface area contributed by atoms with Gasteiger partial charge in [0.15, 0.2) is 4.83 Å². The summed E-state index contributed by atoms with van der Waals surface area (Å²) in [5.41, 5.74) is 2.66. The lowest BCUT2D eigenvalue weighted by atomic mass is 10.1. The summed E-state index contributed by atoms with van der Waals surface area (Å²) < 4.78 is 4.73. The Kier molecular flexibility index (Phi) is 4.70. The zero-order valence-corrected chi connectivity index (χ0v) is 14.9. The largest absolute Gasteiger partial charge is 0.322 e. The molecule has 2 aromatic heterocycles. The third kappa shape index (κ3) is 3.57. The molecule has 0 saturated carbocycles. The summed E-state index contributed by atoms with van der Waals surface area (Å²) in [6, 6.07) is 8.48. The second kappa shape index (κ2) is 6.74. The van der Waals surface area contributed by atoms with E-state index in [1.165, 1.54) is 28.4 Å². The molecule has 3 aromatic rings. The van der Waals surface area contributed by atoms with Crippen molar-refractivity contribution in [3.8, 4) is 0 Å². The van der Waals surface area contributed by atoms with Crippen molar-refractivity contribution < 1.29 is 4.79 Å². The zero-order chi connectivity index (χ0) is 16.4. The highest BCUT2D eigenvalue weighted by Gasteiger charge is 2.15. The normalized spacial score (nSPS) is 11.5. The van der Waals surface area contributed by atoms with Crippen molar-refractivity contribution in [3.05, 3.63) is 40.8 Å². The van der Waals surface area contributed by atoms with Crippen LogP contribution in [0.1, 0.15) is 29.8 Å². The van der Waals surface area contributed by atoms with Crippen LogP contribution in [0.5, 0.6) is 0 Å². The van der Waals surface area contributed by atoms with Crippen LogP contribution in [0.2, 0.25) is 0 Å². The van der Waals surface area contributed by atoms with Gasteiger partial charge in [0.05, 0.1) is 10.3 Å². The van der Waals surface area contributed by atoms with E-state index in [2.05, 4.69) is 40.7 Å². The molecule has 1 N–H and O–H groups in total. The molecule has 3 rings (SSSR count). The summed E-state index contributed by atoms with van der Waals surface area (Å²) in [4.78, 5) is 15.5. The Balaban J connectivity index is 1.68. The maximum absolute atomic E-state index is 12.4. The number of benzene rings is 1. The molecule has 0 fully saturated rings. The van der Waals surface area contributed by atoms with Crippen LogP contribution in [-0.4, -0.2) is 33.5 Å². The monoisotopic (exact) mass is 346 g/mol. The third-order valence-electron chi connectivity index (χ3n) is 3.76. The molecule has 1 amide bonds. The number of aromatic nitrogens is 2. The van der Waals surface area contributed by atoms with Crippen LogP contribution in [0.15, 0.2) is 29.6 Å². The van der Waals surface area contributed by atoms with Gasteiger partial charge in [0, 0.05) is 23.7 Å².